The minimum atomic E-state index is 0. The molecule has 3 rings (SSSR count). The van der Waals surface area contributed by atoms with Gasteiger partial charge >= 0.3 is 0 Å². The van der Waals surface area contributed by atoms with E-state index in [1.807, 2.05) is 33.4 Å². The highest BCUT2D eigenvalue weighted by Crippen LogP contribution is 2.02. The summed E-state index contributed by atoms with van der Waals surface area (Å²) in [7, 11) is 1.76. The second-order valence-corrected chi connectivity index (χ2v) is 5.51. The van der Waals surface area contributed by atoms with Crippen molar-refractivity contribution < 1.29 is 0 Å². The van der Waals surface area contributed by atoms with Gasteiger partial charge in [-0.3, -0.25) is 9.39 Å². The van der Waals surface area contributed by atoms with E-state index in [1.165, 1.54) is 0 Å². The molecule has 3 aromatic rings. The van der Waals surface area contributed by atoms with Crippen molar-refractivity contribution in [3.8, 4) is 0 Å². The number of fused-ring (bicyclic) bond motifs is 1. The van der Waals surface area contributed by atoms with Crippen LogP contribution in [0.5, 0.6) is 0 Å². The van der Waals surface area contributed by atoms with Gasteiger partial charge in [0.05, 0.1) is 0 Å². The van der Waals surface area contributed by atoms with E-state index < -0.39 is 0 Å². The van der Waals surface area contributed by atoms with Gasteiger partial charge in [-0.15, -0.1) is 44.4 Å². The molecule has 0 radical (unpaired) electrons. The molecule has 3 heterocycles. The van der Waals surface area contributed by atoms with E-state index in [-0.39, 0.29) is 24.0 Å². The molecule has 0 aliphatic rings. The molecule has 0 atom stereocenters. The fourth-order valence-corrected chi connectivity index (χ4v) is 2.61. The maximum Gasteiger partial charge on any atom is 0.191 e. The van der Waals surface area contributed by atoms with Crippen molar-refractivity contribution in [1.29, 1.82) is 0 Å². The number of hydrogen-bond donors (Lipinski definition) is 2. The van der Waals surface area contributed by atoms with Crippen LogP contribution in [0, 0.1) is 0 Å². The van der Waals surface area contributed by atoms with Crippen LogP contribution in [0.4, 0.5) is 0 Å². The molecule has 0 saturated heterocycles. The highest BCUT2D eigenvalue weighted by atomic mass is 127. The molecule has 0 fully saturated rings. The number of aryl methyl sites for hydroxylation is 1. The van der Waals surface area contributed by atoms with Gasteiger partial charge in [-0.2, -0.15) is 0 Å². The highest BCUT2D eigenvalue weighted by molar-refractivity contribution is 14.0. The molecular formula is C16H24IN9. The summed E-state index contributed by atoms with van der Waals surface area (Å²) in [4.78, 5) is 4.24. The van der Waals surface area contributed by atoms with Crippen molar-refractivity contribution in [2.24, 2.45) is 4.99 Å². The molecule has 0 bridgehead atoms. The van der Waals surface area contributed by atoms with Crippen LogP contribution in [0.2, 0.25) is 0 Å². The molecule has 0 spiro atoms. The van der Waals surface area contributed by atoms with Crippen molar-refractivity contribution in [3.63, 3.8) is 0 Å². The van der Waals surface area contributed by atoms with E-state index in [0.717, 1.165) is 55.7 Å². The Hall–Kier alpha value is -2.24. The third kappa shape index (κ3) is 4.90. The number of pyridine rings is 1. The summed E-state index contributed by atoms with van der Waals surface area (Å²) in [6, 6.07) is 5.88. The van der Waals surface area contributed by atoms with E-state index in [9.17, 15) is 0 Å². The fourth-order valence-electron chi connectivity index (χ4n) is 2.61. The minimum absolute atomic E-state index is 0. The van der Waals surface area contributed by atoms with Gasteiger partial charge in [0.2, 0.25) is 0 Å². The molecule has 9 nitrogen and oxygen atoms in total. The van der Waals surface area contributed by atoms with Gasteiger partial charge < -0.3 is 15.2 Å². The first-order valence-corrected chi connectivity index (χ1v) is 8.41. The smallest absolute Gasteiger partial charge is 0.191 e. The van der Waals surface area contributed by atoms with Gasteiger partial charge in [0, 0.05) is 45.7 Å². The minimum Gasteiger partial charge on any atom is -0.356 e. The number of hydrogen-bond acceptors (Lipinski definition) is 5. The van der Waals surface area contributed by atoms with Crippen molar-refractivity contribution in [3.05, 3.63) is 42.4 Å². The third-order valence-electron chi connectivity index (χ3n) is 3.91. The lowest BCUT2D eigenvalue weighted by Gasteiger charge is -2.12. The SMILES string of the molecule is CCc1nncn1CCNC(=NC)NCCc1nnc2ccccn12.I. The summed E-state index contributed by atoms with van der Waals surface area (Å²) in [6.07, 6.45) is 5.37. The molecule has 3 aromatic heterocycles. The molecule has 0 aliphatic heterocycles. The van der Waals surface area contributed by atoms with E-state index >= 15 is 0 Å². The van der Waals surface area contributed by atoms with E-state index in [0.29, 0.717) is 0 Å². The number of aromatic nitrogens is 6. The van der Waals surface area contributed by atoms with E-state index in [1.54, 1.807) is 13.4 Å². The Bertz CT molecular complexity index is 839. The molecule has 26 heavy (non-hydrogen) atoms. The lowest BCUT2D eigenvalue weighted by atomic mass is 10.4. The zero-order valence-electron chi connectivity index (χ0n) is 15.0. The number of rotatable bonds is 7. The Morgan fingerprint density at radius 3 is 2.77 bits per heavy atom. The van der Waals surface area contributed by atoms with Crippen LogP contribution in [0.15, 0.2) is 35.7 Å². The molecule has 0 amide bonds. The predicted octanol–water partition coefficient (Wildman–Crippen LogP) is 0.909. The largest absolute Gasteiger partial charge is 0.356 e. The molecule has 10 heteroatoms. The van der Waals surface area contributed by atoms with E-state index in [2.05, 4.69) is 42.9 Å². The number of guanidine groups is 1. The molecular weight excluding hydrogens is 445 g/mol. The average Bonchev–Trinajstić information content (AvgIpc) is 3.27. The number of nitrogens with zero attached hydrogens (tertiary/aromatic N) is 7. The lowest BCUT2D eigenvalue weighted by Crippen LogP contribution is -2.39. The van der Waals surface area contributed by atoms with Gasteiger partial charge in [0.1, 0.15) is 18.0 Å². The van der Waals surface area contributed by atoms with Gasteiger partial charge in [-0.1, -0.05) is 13.0 Å². The number of halogens is 1. The molecule has 0 aromatic carbocycles. The Labute approximate surface area is 169 Å². The Morgan fingerprint density at radius 1 is 1.12 bits per heavy atom. The molecule has 0 aliphatic carbocycles. The Kier molecular flexibility index (Phi) is 7.75. The van der Waals surface area contributed by atoms with Gasteiger partial charge in [0.25, 0.3) is 0 Å². The summed E-state index contributed by atoms with van der Waals surface area (Å²) >= 11 is 0. The average molecular weight is 469 g/mol. The second-order valence-electron chi connectivity index (χ2n) is 5.51. The molecule has 0 unspecified atom stereocenters. The fraction of sp³-hybridized carbons (Fsp3) is 0.438. The summed E-state index contributed by atoms with van der Waals surface area (Å²) in [5.41, 5.74) is 0.862. The monoisotopic (exact) mass is 469 g/mol. The quantitative estimate of drug-likeness (QED) is 0.304. The summed E-state index contributed by atoms with van der Waals surface area (Å²) in [6.45, 7) is 4.34. The Morgan fingerprint density at radius 2 is 1.96 bits per heavy atom. The summed E-state index contributed by atoms with van der Waals surface area (Å²) in [5, 5.41) is 23.0. The molecule has 2 N–H and O–H groups in total. The van der Waals surface area contributed by atoms with Crippen LogP contribution in [0.3, 0.4) is 0 Å². The first-order valence-electron chi connectivity index (χ1n) is 8.41. The highest BCUT2D eigenvalue weighted by Gasteiger charge is 2.05. The maximum atomic E-state index is 4.24. The normalized spacial score (nSPS) is 11.4. The summed E-state index contributed by atoms with van der Waals surface area (Å²) in [5.74, 6) is 2.68. The third-order valence-corrected chi connectivity index (χ3v) is 3.91. The van der Waals surface area contributed by atoms with Crippen molar-refractivity contribution in [2.75, 3.05) is 20.1 Å². The first-order chi connectivity index (χ1) is 12.3. The van der Waals surface area contributed by atoms with Crippen LogP contribution in [0.25, 0.3) is 5.65 Å². The van der Waals surface area contributed by atoms with E-state index in [4.69, 9.17) is 0 Å². The maximum absolute atomic E-state index is 4.24. The summed E-state index contributed by atoms with van der Waals surface area (Å²) < 4.78 is 4.04. The van der Waals surface area contributed by atoms with Gasteiger partial charge in [-0.25, -0.2) is 0 Å². The van der Waals surface area contributed by atoms with Crippen LogP contribution in [-0.4, -0.2) is 55.5 Å². The number of nitrogens with one attached hydrogen (secondary N) is 2. The van der Waals surface area contributed by atoms with Crippen LogP contribution < -0.4 is 10.6 Å². The van der Waals surface area contributed by atoms with Crippen molar-refractivity contribution >= 4 is 35.6 Å². The van der Waals surface area contributed by atoms with Crippen LogP contribution in [-0.2, 0) is 19.4 Å². The number of aliphatic imine (C=N–C) groups is 1. The van der Waals surface area contributed by atoms with Gasteiger partial charge in [0.15, 0.2) is 11.6 Å². The van der Waals surface area contributed by atoms with Crippen molar-refractivity contribution in [1.82, 2.24) is 40.0 Å². The second kappa shape index (κ2) is 10.0. The zero-order chi connectivity index (χ0) is 17.5. The molecule has 0 saturated carbocycles. The van der Waals surface area contributed by atoms with Crippen LogP contribution in [0.1, 0.15) is 18.6 Å². The topological polar surface area (TPSA) is 97.3 Å². The van der Waals surface area contributed by atoms with Crippen molar-refractivity contribution in [2.45, 2.75) is 26.3 Å². The van der Waals surface area contributed by atoms with Gasteiger partial charge in [-0.05, 0) is 12.1 Å². The zero-order valence-corrected chi connectivity index (χ0v) is 17.3. The van der Waals surface area contributed by atoms with Crippen LogP contribution >= 0.6 is 24.0 Å². The lowest BCUT2D eigenvalue weighted by molar-refractivity contribution is 0.631. The Balaban J connectivity index is 0.00000243. The molecule has 140 valence electrons. The standard InChI is InChI=1S/C16H23N9.HI/c1-3-13-21-20-12-24(13)11-9-19-16(17-2)18-8-7-15-23-22-14-6-4-5-10-25(14)15;/h4-6,10,12H,3,7-9,11H2,1-2H3,(H2,17,18,19);1H. The first kappa shape index (κ1) is 20.1. The predicted molar refractivity (Wildman–Crippen MR) is 111 cm³/mol.